The van der Waals surface area contributed by atoms with Crippen LogP contribution in [0.5, 0.6) is 0 Å². The lowest BCUT2D eigenvalue weighted by Gasteiger charge is -2.17. The van der Waals surface area contributed by atoms with E-state index in [1.165, 1.54) is 19.1 Å². The number of hydrogen-bond donors (Lipinski definition) is 1. The minimum Gasteiger partial charge on any atom is -0.376 e. The van der Waals surface area contributed by atoms with Gasteiger partial charge in [0, 0.05) is 12.3 Å². The third-order valence-corrected chi connectivity index (χ3v) is 3.64. The molecule has 0 radical (unpaired) electrons. The number of anilines is 1. The highest BCUT2D eigenvalue weighted by Gasteiger charge is 2.34. The maximum Gasteiger partial charge on any atom is 0.417 e. The Labute approximate surface area is 137 Å². The first kappa shape index (κ1) is 18.2. The molecular weight excluding hydrogens is 325 g/mol. The van der Waals surface area contributed by atoms with Crippen molar-refractivity contribution in [2.24, 2.45) is 0 Å². The number of hydrogen-bond acceptors (Lipinski definition) is 4. The fraction of sp³-hybridized carbons (Fsp3) is 0.500. The van der Waals surface area contributed by atoms with Crippen LogP contribution in [-0.2, 0) is 20.4 Å². The lowest BCUT2D eigenvalue weighted by Crippen LogP contribution is -2.30. The van der Waals surface area contributed by atoms with E-state index in [0.717, 1.165) is 25.0 Å². The average molecular weight is 342 g/mol. The molecule has 1 N–H and O–H groups in total. The molecule has 2 atom stereocenters. The molecule has 1 aromatic rings. The topological polar surface area (TPSA) is 71.3 Å². The molecular formula is C16H17F3N2O3. The quantitative estimate of drug-likeness (QED) is 0.892. The van der Waals surface area contributed by atoms with Crippen molar-refractivity contribution in [2.45, 2.75) is 38.1 Å². The van der Waals surface area contributed by atoms with E-state index in [2.05, 4.69) is 5.32 Å². The molecule has 1 amide bonds. The fourth-order valence-electron chi connectivity index (χ4n) is 2.30. The van der Waals surface area contributed by atoms with Crippen molar-refractivity contribution in [3.05, 3.63) is 29.3 Å². The highest BCUT2D eigenvalue weighted by atomic mass is 19.4. The van der Waals surface area contributed by atoms with Crippen LogP contribution < -0.4 is 5.32 Å². The molecule has 0 saturated carbocycles. The molecule has 1 aliphatic rings. The van der Waals surface area contributed by atoms with E-state index in [0.29, 0.717) is 6.61 Å². The Morgan fingerprint density at radius 1 is 1.54 bits per heavy atom. The van der Waals surface area contributed by atoms with Gasteiger partial charge in [-0.2, -0.15) is 18.4 Å². The van der Waals surface area contributed by atoms with Crippen molar-refractivity contribution in [2.75, 3.05) is 18.5 Å². The van der Waals surface area contributed by atoms with Crippen LogP contribution in [0.1, 0.15) is 30.9 Å². The summed E-state index contributed by atoms with van der Waals surface area (Å²) in [6.45, 7) is 2.44. The zero-order chi connectivity index (χ0) is 17.7. The van der Waals surface area contributed by atoms with E-state index in [1.54, 1.807) is 0 Å². The first-order valence-corrected chi connectivity index (χ1v) is 7.46. The Balaban J connectivity index is 1.99. The van der Waals surface area contributed by atoms with Crippen LogP contribution in [0, 0.1) is 11.3 Å². The third-order valence-electron chi connectivity index (χ3n) is 3.64. The summed E-state index contributed by atoms with van der Waals surface area (Å²) in [4.78, 5) is 12.0. The molecule has 130 valence electrons. The first-order chi connectivity index (χ1) is 11.3. The highest BCUT2D eigenvalue weighted by molar-refractivity contribution is 5.94. The van der Waals surface area contributed by atoms with Crippen molar-refractivity contribution in [3.63, 3.8) is 0 Å². The number of nitrogens with zero attached hydrogens (tertiary/aromatic N) is 1. The number of nitrogens with one attached hydrogen (secondary N) is 1. The molecule has 1 aliphatic heterocycles. The predicted octanol–water partition coefficient (Wildman–Crippen LogP) is 3.10. The minimum absolute atomic E-state index is 0.0427. The Hall–Kier alpha value is -2.11. The maximum absolute atomic E-state index is 12.9. The number of ether oxygens (including phenoxy) is 2. The molecule has 1 heterocycles. The average Bonchev–Trinajstić information content (AvgIpc) is 3.05. The molecule has 0 spiro atoms. The molecule has 1 saturated heterocycles. The van der Waals surface area contributed by atoms with Gasteiger partial charge in [0.05, 0.1) is 29.9 Å². The summed E-state index contributed by atoms with van der Waals surface area (Å²) in [7, 11) is 0. The Morgan fingerprint density at radius 3 is 2.88 bits per heavy atom. The largest absolute Gasteiger partial charge is 0.417 e. The first-order valence-electron chi connectivity index (χ1n) is 7.46. The zero-order valence-corrected chi connectivity index (χ0v) is 13.0. The summed E-state index contributed by atoms with van der Waals surface area (Å²) in [6, 6.07) is 4.50. The van der Waals surface area contributed by atoms with Gasteiger partial charge in [0.15, 0.2) is 0 Å². The van der Waals surface area contributed by atoms with E-state index >= 15 is 0 Å². The van der Waals surface area contributed by atoms with Crippen molar-refractivity contribution in [3.8, 4) is 6.07 Å². The van der Waals surface area contributed by atoms with Crippen LogP contribution in [-0.4, -0.2) is 31.3 Å². The number of amides is 1. The highest BCUT2D eigenvalue weighted by Crippen LogP contribution is 2.33. The number of alkyl halides is 3. The second-order valence-corrected chi connectivity index (χ2v) is 5.47. The summed E-state index contributed by atoms with van der Waals surface area (Å²) in [5.74, 6) is -0.564. The van der Waals surface area contributed by atoms with Gasteiger partial charge in [-0.1, -0.05) is 0 Å². The number of carbonyl (C=O) groups is 1. The normalized spacial score (nSPS) is 18.9. The van der Waals surface area contributed by atoms with Crippen LogP contribution in [0.3, 0.4) is 0 Å². The summed E-state index contributed by atoms with van der Waals surface area (Å²) in [5.41, 5.74) is -1.63. The zero-order valence-electron chi connectivity index (χ0n) is 13.0. The SMILES string of the molecule is C[C@H](OC[C@H]1CCCO1)C(=O)Nc1ccc(C#N)c(C(F)(F)F)c1. The number of halogens is 3. The van der Waals surface area contributed by atoms with Crippen LogP contribution in [0.25, 0.3) is 0 Å². The second kappa shape index (κ2) is 7.64. The number of rotatable bonds is 5. The van der Waals surface area contributed by atoms with Crippen LogP contribution in [0.4, 0.5) is 18.9 Å². The van der Waals surface area contributed by atoms with Gasteiger partial charge in [-0.15, -0.1) is 0 Å². The van der Waals surface area contributed by atoms with E-state index in [-0.39, 0.29) is 18.4 Å². The van der Waals surface area contributed by atoms with E-state index in [4.69, 9.17) is 14.7 Å². The number of carbonyl (C=O) groups excluding carboxylic acids is 1. The number of nitriles is 1. The van der Waals surface area contributed by atoms with Crippen LogP contribution in [0.15, 0.2) is 18.2 Å². The third kappa shape index (κ3) is 4.69. The predicted molar refractivity (Wildman–Crippen MR) is 79.2 cm³/mol. The second-order valence-electron chi connectivity index (χ2n) is 5.47. The van der Waals surface area contributed by atoms with Crippen molar-refractivity contribution >= 4 is 11.6 Å². The van der Waals surface area contributed by atoms with Gasteiger partial charge in [0.1, 0.15) is 6.10 Å². The molecule has 1 fully saturated rings. The van der Waals surface area contributed by atoms with E-state index in [9.17, 15) is 18.0 Å². The standard InChI is InChI=1S/C16H17F3N2O3/c1-10(24-9-13-3-2-6-23-13)15(22)21-12-5-4-11(8-20)14(7-12)16(17,18)19/h4-5,7,10,13H,2-3,6,9H2,1H3,(H,21,22)/t10-,13+/m0/s1. The molecule has 5 nitrogen and oxygen atoms in total. The Morgan fingerprint density at radius 2 is 2.29 bits per heavy atom. The monoisotopic (exact) mass is 342 g/mol. The lowest BCUT2D eigenvalue weighted by molar-refractivity contribution is -0.137. The minimum atomic E-state index is -4.67. The number of benzene rings is 1. The summed E-state index contributed by atoms with van der Waals surface area (Å²) in [6.07, 6.45) is -3.75. The summed E-state index contributed by atoms with van der Waals surface area (Å²) < 4.78 is 49.5. The van der Waals surface area contributed by atoms with Crippen LogP contribution >= 0.6 is 0 Å². The van der Waals surface area contributed by atoms with Crippen molar-refractivity contribution < 1.29 is 27.4 Å². The van der Waals surface area contributed by atoms with Gasteiger partial charge in [-0.05, 0) is 38.0 Å². The molecule has 0 aliphatic carbocycles. The van der Waals surface area contributed by atoms with E-state index < -0.39 is 29.3 Å². The molecule has 8 heteroatoms. The van der Waals surface area contributed by atoms with Crippen LogP contribution in [0.2, 0.25) is 0 Å². The Bertz CT molecular complexity index is 634. The van der Waals surface area contributed by atoms with Gasteiger partial charge >= 0.3 is 6.18 Å². The molecule has 0 aromatic heterocycles. The van der Waals surface area contributed by atoms with Crippen molar-refractivity contribution in [1.82, 2.24) is 0 Å². The molecule has 0 bridgehead atoms. The van der Waals surface area contributed by atoms with Gasteiger partial charge in [-0.3, -0.25) is 4.79 Å². The maximum atomic E-state index is 12.9. The molecule has 1 aromatic carbocycles. The fourth-order valence-corrected chi connectivity index (χ4v) is 2.30. The molecule has 2 rings (SSSR count). The molecule has 0 unspecified atom stereocenters. The Kier molecular flexibility index (Phi) is 5.80. The van der Waals surface area contributed by atoms with Gasteiger partial charge in [0.25, 0.3) is 5.91 Å². The van der Waals surface area contributed by atoms with Crippen molar-refractivity contribution in [1.29, 1.82) is 5.26 Å². The van der Waals surface area contributed by atoms with Gasteiger partial charge in [-0.25, -0.2) is 0 Å². The summed E-state index contributed by atoms with van der Waals surface area (Å²) >= 11 is 0. The lowest BCUT2D eigenvalue weighted by atomic mass is 10.1. The smallest absolute Gasteiger partial charge is 0.376 e. The summed E-state index contributed by atoms with van der Waals surface area (Å²) in [5, 5.41) is 11.1. The molecule has 24 heavy (non-hydrogen) atoms. The van der Waals surface area contributed by atoms with Gasteiger partial charge in [0.2, 0.25) is 0 Å². The van der Waals surface area contributed by atoms with Gasteiger partial charge < -0.3 is 14.8 Å². The van der Waals surface area contributed by atoms with E-state index in [1.807, 2.05) is 0 Å².